The number of imidazole rings is 6. The number of fused-ring (bicyclic) bond motifs is 3. The Hall–Kier alpha value is -11.1. The van der Waals surface area contributed by atoms with E-state index in [4.69, 9.17) is 38.9 Å². The van der Waals surface area contributed by atoms with E-state index < -0.39 is 24.0 Å². The van der Waals surface area contributed by atoms with Gasteiger partial charge in [-0.05, 0) is 78.8 Å². The van der Waals surface area contributed by atoms with Crippen molar-refractivity contribution in [3.05, 3.63) is 152 Å². The normalized spacial score (nSPS) is 19.5. The maximum absolute atomic E-state index is 13.1. The second kappa shape index (κ2) is 28.9. The highest BCUT2D eigenvalue weighted by molar-refractivity contribution is 5.87. The predicted octanol–water partition coefficient (Wildman–Crippen LogP) is 3.10. The Morgan fingerprint density at radius 3 is 1.52 bits per heavy atom. The summed E-state index contributed by atoms with van der Waals surface area (Å²) in [6, 6.07) is 16.1. The van der Waals surface area contributed by atoms with Gasteiger partial charge in [0.25, 0.3) is 0 Å². The summed E-state index contributed by atoms with van der Waals surface area (Å²) in [6.45, 7) is 4.32. The first-order chi connectivity index (χ1) is 47.2. The number of primary amides is 1. The lowest BCUT2D eigenvalue weighted by atomic mass is 10.0. The van der Waals surface area contributed by atoms with Gasteiger partial charge in [0.15, 0.2) is 34.5 Å². The zero-order chi connectivity index (χ0) is 67.1. The molecule has 0 aliphatic carbocycles. The van der Waals surface area contributed by atoms with Gasteiger partial charge in [-0.25, -0.2) is 34.7 Å². The highest BCUT2D eigenvalue weighted by atomic mass is 16.7. The maximum atomic E-state index is 13.1. The van der Waals surface area contributed by atoms with E-state index in [1.165, 1.54) is 0 Å². The number of rotatable bonds is 19. The number of nitrogens with one attached hydrogen (secondary N) is 3. The molecular weight excluding hydrogens is 1250 g/mol. The summed E-state index contributed by atoms with van der Waals surface area (Å²) in [6.07, 6.45) is 23.7. The maximum Gasteiger partial charge on any atom is 0.318 e. The number of hydrogen-bond acceptors (Lipinski definition) is 20. The topological polar surface area (TPSA) is 332 Å². The molecule has 5 amide bonds. The minimum Gasteiger partial charge on any atom is -0.486 e. The van der Waals surface area contributed by atoms with Crippen molar-refractivity contribution in [3.8, 4) is 52.3 Å². The predicted molar refractivity (Wildman–Crippen MR) is 349 cm³/mol. The van der Waals surface area contributed by atoms with Crippen molar-refractivity contribution < 1.29 is 57.4 Å². The van der Waals surface area contributed by atoms with Crippen LogP contribution in [0.2, 0.25) is 0 Å². The smallest absolute Gasteiger partial charge is 0.318 e. The number of amides is 5. The number of ether oxygens (including phenoxy) is 7. The van der Waals surface area contributed by atoms with Gasteiger partial charge in [-0.1, -0.05) is 18.2 Å². The summed E-state index contributed by atoms with van der Waals surface area (Å²) in [7, 11) is 7.39. The standard InChI is InChI=1S/C22H25N7O4.2C22H26N6O4/c1-27-17(10-26-21(27)28-7-6-24-12-28)16-9-15(20(23)30)11-29(16)22(31)25-5-4-14-2-3-18-19(8-14)33-13-32-18;1-26-20(11-25-22(26)27-8-7-23-13-27)28-12-16(30-2)10-17(28)21(29)24-6-5-15-3-4-18-19(9-15)32-14-31-18;1-26-20(12-25-22(26)27-7-6-23-14-27)28-13-16(29)11-17(28)21(30)24-5-4-15-2-3-18-19(10-15)32-9-8-31-18/h2-3,6-8,10,12,15-16H,4-5,9,11,13H2,1H3,(H2,23,30)(H,25,31);3-4,7-9,11,13,16-17H,5-6,10,12,14H2,1-2H3,(H,24,29);2-3,6-7,10,12,14,16-17,29H,4-5,8-9,11,13H2,1H3,(H,24,30). The monoisotopic (exact) mass is 1330 g/mol. The number of nitrogens with zero attached hydrogens (tertiary/aromatic N) is 15. The second-order valence-corrected chi connectivity index (χ2v) is 24.1. The number of carbonyl (C=O) groups excluding carboxylic acids is 4. The number of benzene rings is 3. The molecule has 0 bridgehead atoms. The summed E-state index contributed by atoms with van der Waals surface area (Å²) in [5.41, 5.74) is 9.60. The zero-order valence-corrected chi connectivity index (χ0v) is 54.1. The van der Waals surface area contributed by atoms with Crippen molar-refractivity contribution in [3.63, 3.8) is 0 Å². The van der Waals surface area contributed by atoms with Gasteiger partial charge in [-0.15, -0.1) is 0 Å². The number of nitrogens with two attached hydrogens (primary N) is 1. The molecule has 3 fully saturated rings. The van der Waals surface area contributed by atoms with Gasteiger partial charge in [0.1, 0.15) is 55.9 Å². The summed E-state index contributed by atoms with van der Waals surface area (Å²) < 4.78 is 49.5. The molecule has 6 N–H and O–H groups in total. The van der Waals surface area contributed by atoms with Crippen LogP contribution in [-0.4, -0.2) is 189 Å². The van der Waals surface area contributed by atoms with Gasteiger partial charge in [-0.3, -0.25) is 37.2 Å². The van der Waals surface area contributed by atoms with Gasteiger partial charge in [0.05, 0.1) is 48.5 Å². The Kier molecular flexibility index (Phi) is 19.2. The van der Waals surface area contributed by atoms with Gasteiger partial charge >= 0.3 is 6.03 Å². The first-order valence-electron chi connectivity index (χ1n) is 32.0. The molecular formula is C66H77N19O12. The minimum atomic E-state index is -0.574. The lowest BCUT2D eigenvalue weighted by Gasteiger charge is -2.25. The third kappa shape index (κ3) is 14.2. The van der Waals surface area contributed by atoms with Gasteiger partial charge in [0.2, 0.25) is 49.2 Å². The summed E-state index contributed by atoms with van der Waals surface area (Å²) in [5.74, 6) is 7.25. The van der Waals surface area contributed by atoms with E-state index in [2.05, 4.69) is 50.8 Å². The molecule has 508 valence electrons. The number of carbonyl (C=O) groups is 4. The quantitative estimate of drug-likeness (QED) is 0.0776. The average Bonchev–Trinajstić information content (AvgIpc) is 1.65. The highest BCUT2D eigenvalue weighted by Crippen LogP contribution is 2.38. The van der Waals surface area contributed by atoms with Crippen molar-refractivity contribution >= 4 is 35.4 Å². The lowest BCUT2D eigenvalue weighted by Crippen LogP contribution is -2.44. The fraction of sp³-hybridized carbons (Fsp3) is 0.394. The molecule has 12 heterocycles. The van der Waals surface area contributed by atoms with Gasteiger partial charge in [0, 0.05) is 118 Å². The Balaban J connectivity index is 0.000000131. The van der Waals surface area contributed by atoms with Crippen LogP contribution < -0.4 is 59.9 Å². The summed E-state index contributed by atoms with van der Waals surface area (Å²) >= 11 is 0. The van der Waals surface area contributed by atoms with Crippen LogP contribution in [0.4, 0.5) is 16.4 Å². The average molecular weight is 1330 g/mol. The number of methoxy groups -OCH3 is 1. The number of aliphatic hydroxyl groups excluding tert-OH is 1. The van der Waals surface area contributed by atoms with Crippen molar-refractivity contribution in [1.29, 1.82) is 0 Å². The molecule has 0 radical (unpaired) electrons. The van der Waals surface area contributed by atoms with E-state index in [1.54, 1.807) is 83.5 Å². The molecule has 0 saturated carbocycles. The second-order valence-electron chi connectivity index (χ2n) is 24.1. The minimum absolute atomic E-state index is 0.0179. The number of anilines is 2. The van der Waals surface area contributed by atoms with Crippen LogP contribution in [0.1, 0.15) is 47.7 Å². The van der Waals surface area contributed by atoms with Crippen molar-refractivity contribution in [2.24, 2.45) is 32.8 Å². The third-order valence-electron chi connectivity index (χ3n) is 18.1. The van der Waals surface area contributed by atoms with E-state index in [1.807, 2.05) is 111 Å². The molecule has 3 saturated heterocycles. The fourth-order valence-electron chi connectivity index (χ4n) is 13.0. The van der Waals surface area contributed by atoms with Crippen molar-refractivity contribution in [1.82, 2.24) is 78.2 Å². The Morgan fingerprint density at radius 2 is 1.01 bits per heavy atom. The molecule has 6 aromatic heterocycles. The first-order valence-corrected chi connectivity index (χ1v) is 32.0. The van der Waals surface area contributed by atoms with E-state index >= 15 is 0 Å². The molecule has 3 aromatic carbocycles. The number of β-amino-alcohol motifs (C(OH)–C–C–N with tert-alkyl or cyclic N) is 1. The Bertz CT molecular complexity index is 4210. The summed E-state index contributed by atoms with van der Waals surface area (Å²) in [5, 5.41) is 19.4. The number of aliphatic hydroxyl groups is 1. The highest BCUT2D eigenvalue weighted by Gasteiger charge is 2.42. The van der Waals surface area contributed by atoms with Crippen LogP contribution in [0.5, 0.6) is 34.5 Å². The Morgan fingerprint density at radius 1 is 0.557 bits per heavy atom. The zero-order valence-electron chi connectivity index (χ0n) is 54.1. The van der Waals surface area contributed by atoms with Crippen molar-refractivity contribution in [2.75, 3.05) is 83.0 Å². The van der Waals surface area contributed by atoms with Crippen molar-refractivity contribution in [2.45, 2.75) is 68.9 Å². The van der Waals surface area contributed by atoms with Crippen LogP contribution in [-0.2, 0) is 59.5 Å². The molecule has 6 unspecified atom stereocenters. The molecule has 6 aliphatic rings. The molecule has 97 heavy (non-hydrogen) atoms. The first kappa shape index (κ1) is 64.6. The third-order valence-corrected chi connectivity index (χ3v) is 18.1. The van der Waals surface area contributed by atoms with E-state index in [0.29, 0.717) is 102 Å². The number of hydrogen-bond donors (Lipinski definition) is 5. The fourth-order valence-corrected chi connectivity index (χ4v) is 13.0. The largest absolute Gasteiger partial charge is 0.486 e. The molecule has 31 heteroatoms. The van der Waals surface area contributed by atoms with Crippen LogP contribution in [0.3, 0.4) is 0 Å². The number of urea groups is 1. The van der Waals surface area contributed by atoms with Gasteiger partial charge < -0.3 is 79.2 Å². The molecule has 15 rings (SSSR count). The van der Waals surface area contributed by atoms with Crippen LogP contribution in [0.25, 0.3) is 17.8 Å². The number of likely N-dealkylation sites (tertiary alicyclic amines) is 1. The van der Waals surface area contributed by atoms with E-state index in [9.17, 15) is 24.3 Å². The van der Waals surface area contributed by atoms with Crippen LogP contribution >= 0.6 is 0 Å². The van der Waals surface area contributed by atoms with E-state index in [0.717, 1.165) is 68.7 Å². The van der Waals surface area contributed by atoms with Crippen LogP contribution in [0.15, 0.2) is 129 Å². The summed E-state index contributed by atoms with van der Waals surface area (Å²) in [4.78, 5) is 82.5. The van der Waals surface area contributed by atoms with E-state index in [-0.39, 0.29) is 56.2 Å². The molecule has 31 nitrogen and oxygen atoms in total. The molecule has 6 atom stereocenters. The number of aromatic nitrogens is 12. The van der Waals surface area contributed by atoms with Crippen LogP contribution in [0, 0.1) is 5.92 Å². The lowest BCUT2D eigenvalue weighted by molar-refractivity contribution is -0.123. The molecule has 6 aliphatic heterocycles. The molecule has 9 aromatic rings. The molecule has 0 spiro atoms. The Labute approximate surface area is 557 Å². The van der Waals surface area contributed by atoms with Gasteiger partial charge in [-0.2, -0.15) is 0 Å². The SMILES string of the molecule is COC1CC(C(=O)NCCc2ccc3c(c2)OCO3)N(c2cnc(-n3ccnc3)n2C)C1.Cn1c(C2CC(C(N)=O)CN2C(=O)NCCc2ccc3c(c2)OCO3)cnc1-n1ccnc1.Cn1c(N2CC(O)CC2C(=O)NCCc2ccc3c(c2)OCCO3)cnc1-n1ccnc1.